The molecule has 0 fully saturated rings. The van der Waals surface area contributed by atoms with E-state index in [1.807, 2.05) is 12.1 Å². The standard InChI is InChI=1S/C51H34O/c1-51(2)44-28-26-31-14-3-4-16-34(31)49(44)42-24-13-23-41(50(42)51)48-39-21-9-7-19-37(39)47(38-20-8-10-22-40(38)48)36-18-6-5-15-33(36)32-27-29-46-43(30-32)35-17-11-12-25-45(35)52-46/h3-30H,1-2H3. The van der Waals surface area contributed by atoms with Crippen LogP contribution in [0.2, 0.25) is 0 Å². The first-order chi connectivity index (χ1) is 25.6. The quantitative estimate of drug-likeness (QED) is 0.172. The van der Waals surface area contributed by atoms with Crippen LogP contribution in [0.5, 0.6) is 0 Å². The van der Waals surface area contributed by atoms with Gasteiger partial charge in [-0.05, 0) is 106 Å². The molecule has 1 aliphatic carbocycles. The van der Waals surface area contributed by atoms with Gasteiger partial charge in [-0.3, -0.25) is 0 Å². The molecule has 1 nitrogen and oxygen atoms in total. The van der Waals surface area contributed by atoms with Crippen molar-refractivity contribution in [1.82, 2.24) is 0 Å². The van der Waals surface area contributed by atoms with Gasteiger partial charge in [0.25, 0.3) is 0 Å². The molecule has 0 spiro atoms. The van der Waals surface area contributed by atoms with Gasteiger partial charge in [-0.15, -0.1) is 0 Å². The van der Waals surface area contributed by atoms with E-state index in [1.54, 1.807) is 0 Å². The summed E-state index contributed by atoms with van der Waals surface area (Å²) in [6, 6.07) is 62.4. The third kappa shape index (κ3) is 3.99. The molecule has 1 heterocycles. The summed E-state index contributed by atoms with van der Waals surface area (Å²) in [4.78, 5) is 0. The molecular formula is C51H34O. The zero-order chi connectivity index (χ0) is 34.6. The number of hydrogen-bond donors (Lipinski definition) is 0. The van der Waals surface area contributed by atoms with E-state index in [2.05, 4.69) is 172 Å². The molecule has 10 aromatic rings. The Bertz CT molecular complexity index is 3040. The highest BCUT2D eigenvalue weighted by atomic mass is 16.3. The van der Waals surface area contributed by atoms with E-state index in [-0.39, 0.29) is 5.41 Å². The Morgan fingerprint density at radius 2 is 0.885 bits per heavy atom. The van der Waals surface area contributed by atoms with Crippen molar-refractivity contribution in [2.75, 3.05) is 0 Å². The van der Waals surface area contributed by atoms with Gasteiger partial charge in [0.15, 0.2) is 0 Å². The molecule has 0 saturated carbocycles. The van der Waals surface area contributed by atoms with Gasteiger partial charge < -0.3 is 4.42 Å². The number of fused-ring (bicyclic) bond motifs is 10. The van der Waals surface area contributed by atoms with Crippen LogP contribution in [0.3, 0.4) is 0 Å². The zero-order valence-corrected chi connectivity index (χ0v) is 29.1. The summed E-state index contributed by atoms with van der Waals surface area (Å²) in [6.07, 6.45) is 0. The molecule has 52 heavy (non-hydrogen) atoms. The van der Waals surface area contributed by atoms with E-state index in [9.17, 15) is 0 Å². The smallest absolute Gasteiger partial charge is 0.135 e. The third-order valence-electron chi connectivity index (χ3n) is 11.6. The van der Waals surface area contributed by atoms with Crippen LogP contribution in [-0.4, -0.2) is 0 Å². The molecule has 1 aliphatic rings. The van der Waals surface area contributed by atoms with Crippen LogP contribution in [0.25, 0.3) is 98.8 Å². The van der Waals surface area contributed by atoms with Crippen LogP contribution in [0.15, 0.2) is 174 Å². The Labute approximate surface area is 302 Å². The van der Waals surface area contributed by atoms with Crippen molar-refractivity contribution in [3.05, 3.63) is 181 Å². The van der Waals surface area contributed by atoms with Crippen molar-refractivity contribution in [3.8, 4) is 44.5 Å². The molecule has 1 aromatic heterocycles. The first-order valence-corrected chi connectivity index (χ1v) is 18.2. The molecule has 0 amide bonds. The van der Waals surface area contributed by atoms with E-state index in [1.165, 1.54) is 88.0 Å². The molecule has 244 valence electrons. The van der Waals surface area contributed by atoms with E-state index in [0.29, 0.717) is 0 Å². The highest BCUT2D eigenvalue weighted by Gasteiger charge is 2.39. The minimum absolute atomic E-state index is 0.172. The summed E-state index contributed by atoms with van der Waals surface area (Å²) in [5.74, 6) is 0. The molecule has 0 radical (unpaired) electrons. The van der Waals surface area contributed by atoms with Crippen LogP contribution in [-0.2, 0) is 5.41 Å². The molecule has 0 N–H and O–H groups in total. The van der Waals surface area contributed by atoms with E-state index < -0.39 is 0 Å². The summed E-state index contributed by atoms with van der Waals surface area (Å²) < 4.78 is 6.22. The maximum absolute atomic E-state index is 6.22. The Kier molecular flexibility index (Phi) is 6.08. The summed E-state index contributed by atoms with van der Waals surface area (Å²) in [7, 11) is 0. The first-order valence-electron chi connectivity index (χ1n) is 18.2. The highest BCUT2D eigenvalue weighted by Crippen LogP contribution is 2.56. The number of benzene rings is 9. The second-order valence-corrected chi connectivity index (χ2v) is 14.8. The van der Waals surface area contributed by atoms with Gasteiger partial charge in [-0.1, -0.05) is 166 Å². The largest absolute Gasteiger partial charge is 0.456 e. The van der Waals surface area contributed by atoms with Crippen LogP contribution in [0.4, 0.5) is 0 Å². The van der Waals surface area contributed by atoms with Crippen molar-refractivity contribution in [2.45, 2.75) is 19.3 Å². The number of rotatable bonds is 3. The summed E-state index contributed by atoms with van der Waals surface area (Å²) in [5.41, 5.74) is 14.7. The predicted octanol–water partition coefficient (Wildman–Crippen LogP) is 14.4. The fourth-order valence-electron chi connectivity index (χ4n) is 9.41. The van der Waals surface area contributed by atoms with Gasteiger partial charge in [0.05, 0.1) is 0 Å². The SMILES string of the molecule is CC1(C)c2ccc3ccccc3c2-c2cccc(-c3c4ccccc4c(-c4ccccc4-c4ccc5oc6ccccc6c5c4)c4ccccc34)c21. The van der Waals surface area contributed by atoms with E-state index >= 15 is 0 Å². The minimum Gasteiger partial charge on any atom is -0.456 e. The van der Waals surface area contributed by atoms with Crippen molar-refractivity contribution < 1.29 is 4.42 Å². The van der Waals surface area contributed by atoms with Gasteiger partial charge in [0.1, 0.15) is 11.2 Å². The topological polar surface area (TPSA) is 13.1 Å². The average molecular weight is 663 g/mol. The Hall–Kier alpha value is -6.44. The van der Waals surface area contributed by atoms with Crippen LogP contribution >= 0.6 is 0 Å². The van der Waals surface area contributed by atoms with Crippen molar-refractivity contribution in [2.24, 2.45) is 0 Å². The molecule has 0 saturated heterocycles. The molecule has 0 bridgehead atoms. The third-order valence-corrected chi connectivity index (χ3v) is 11.6. The van der Waals surface area contributed by atoms with Gasteiger partial charge in [-0.2, -0.15) is 0 Å². The predicted molar refractivity (Wildman–Crippen MR) is 220 cm³/mol. The molecule has 9 aromatic carbocycles. The summed E-state index contributed by atoms with van der Waals surface area (Å²) in [5, 5.41) is 9.96. The average Bonchev–Trinajstić information content (AvgIpc) is 3.68. The van der Waals surface area contributed by atoms with Gasteiger partial charge in [0.2, 0.25) is 0 Å². The Morgan fingerprint density at radius 3 is 1.60 bits per heavy atom. The van der Waals surface area contributed by atoms with Crippen LogP contribution in [0, 0.1) is 0 Å². The number of hydrogen-bond acceptors (Lipinski definition) is 1. The fraction of sp³-hybridized carbons (Fsp3) is 0.0588. The molecule has 0 unspecified atom stereocenters. The van der Waals surface area contributed by atoms with E-state index in [0.717, 1.165) is 21.9 Å². The number of para-hydroxylation sites is 1. The molecule has 0 atom stereocenters. The maximum Gasteiger partial charge on any atom is 0.135 e. The summed E-state index contributed by atoms with van der Waals surface area (Å²) >= 11 is 0. The molecule has 11 rings (SSSR count). The van der Waals surface area contributed by atoms with Crippen molar-refractivity contribution in [3.63, 3.8) is 0 Å². The lowest BCUT2D eigenvalue weighted by Crippen LogP contribution is -2.16. The lowest BCUT2D eigenvalue weighted by molar-refractivity contribution is 0.663. The Balaban J connectivity index is 1.20. The van der Waals surface area contributed by atoms with Crippen molar-refractivity contribution in [1.29, 1.82) is 0 Å². The van der Waals surface area contributed by atoms with Gasteiger partial charge >= 0.3 is 0 Å². The number of furan rings is 1. The van der Waals surface area contributed by atoms with E-state index in [4.69, 9.17) is 4.42 Å². The minimum atomic E-state index is -0.172. The fourth-order valence-corrected chi connectivity index (χ4v) is 9.41. The molecule has 1 heteroatoms. The first kappa shape index (κ1) is 29.3. The second-order valence-electron chi connectivity index (χ2n) is 14.8. The summed E-state index contributed by atoms with van der Waals surface area (Å²) in [6.45, 7) is 4.82. The molecule has 0 aliphatic heterocycles. The van der Waals surface area contributed by atoms with Crippen LogP contribution < -0.4 is 0 Å². The second kappa shape index (κ2) is 10.8. The maximum atomic E-state index is 6.22. The molecular weight excluding hydrogens is 629 g/mol. The van der Waals surface area contributed by atoms with Gasteiger partial charge in [-0.25, -0.2) is 0 Å². The monoisotopic (exact) mass is 662 g/mol. The highest BCUT2D eigenvalue weighted by molar-refractivity contribution is 6.23. The zero-order valence-electron chi connectivity index (χ0n) is 29.1. The lowest BCUT2D eigenvalue weighted by Gasteiger charge is -2.26. The van der Waals surface area contributed by atoms with Gasteiger partial charge in [0, 0.05) is 16.2 Å². The Morgan fingerprint density at radius 1 is 0.365 bits per heavy atom. The normalized spacial score (nSPS) is 13.3. The van der Waals surface area contributed by atoms with Crippen molar-refractivity contribution >= 4 is 54.3 Å². The lowest BCUT2D eigenvalue weighted by atomic mass is 9.76. The van der Waals surface area contributed by atoms with Crippen LogP contribution in [0.1, 0.15) is 25.0 Å².